The van der Waals surface area contributed by atoms with Gasteiger partial charge in [0, 0.05) is 83.8 Å². The summed E-state index contributed by atoms with van der Waals surface area (Å²) in [7, 11) is 0. The Kier molecular flexibility index (Phi) is 9.08. The number of rotatable bonds is 12. The van der Waals surface area contributed by atoms with E-state index in [1.54, 1.807) is 17.1 Å². The third kappa shape index (κ3) is 9.21. The minimum absolute atomic E-state index is 0.106. The zero-order valence-electron chi connectivity index (χ0n) is 53.7. The molecular weight excluding hydrogens is 958 g/mol. The quantitative estimate of drug-likeness (QED) is 0.0905. The Morgan fingerprint density at radius 3 is 1.66 bits per heavy atom. The number of halogens is 5. The number of nitrogens with zero attached hydrogens (tertiary/aromatic N) is 5. The Hall–Kier alpha value is -9.02. The number of pyridine rings is 3. The van der Waals surface area contributed by atoms with Crippen LogP contribution in [0.2, 0.25) is 0 Å². The Bertz CT molecular complexity index is 4460. The lowest BCUT2D eigenvalue weighted by Crippen LogP contribution is -2.17. The molecule has 0 saturated heterocycles. The Labute approximate surface area is 456 Å². The molecule has 0 bridgehead atoms. The third-order valence-corrected chi connectivity index (χ3v) is 13.2. The fourth-order valence-electron chi connectivity index (χ4n) is 9.62. The fourth-order valence-corrected chi connectivity index (χ4v) is 9.62. The molecule has 0 N–H and O–H groups in total. The molecule has 1 atom stereocenters. The van der Waals surface area contributed by atoms with Crippen molar-refractivity contribution in [2.24, 2.45) is 5.11 Å². The van der Waals surface area contributed by atoms with Crippen LogP contribution < -0.4 is 0 Å². The van der Waals surface area contributed by atoms with E-state index in [1.165, 1.54) is 6.07 Å². The van der Waals surface area contributed by atoms with Gasteiger partial charge in [0.2, 0.25) is 6.04 Å². The first-order valence-electron chi connectivity index (χ1n) is 30.8. The fraction of sp³-hybridized carbons (Fsp3) is 0.106. The predicted octanol–water partition coefficient (Wildman–Crippen LogP) is 17.1. The number of fused-ring (bicyclic) bond motifs is 6. The summed E-state index contributed by atoms with van der Waals surface area (Å²) in [6, 6.07) is 37.5. The van der Waals surface area contributed by atoms with E-state index >= 15 is 13.2 Å². The first-order valence-corrected chi connectivity index (χ1v) is 23.8. The summed E-state index contributed by atoms with van der Waals surface area (Å²) in [5, 5.41) is 4.81. The van der Waals surface area contributed by atoms with Crippen molar-refractivity contribution in [2.45, 2.75) is 45.2 Å². The normalized spacial score (nSPS) is 17.1. The van der Waals surface area contributed by atoms with Gasteiger partial charge in [0.05, 0.1) is 23.2 Å². The minimum atomic E-state index is -3.53. The zero-order valence-corrected chi connectivity index (χ0v) is 39.7. The van der Waals surface area contributed by atoms with Gasteiger partial charge in [-0.1, -0.05) is 108 Å². The van der Waals surface area contributed by atoms with E-state index in [9.17, 15) is 19.7 Å². The van der Waals surface area contributed by atoms with Crippen LogP contribution in [0.1, 0.15) is 64.2 Å². The molecule has 1 unspecified atom stereocenters. The van der Waals surface area contributed by atoms with E-state index < -0.39 is 108 Å². The third-order valence-electron chi connectivity index (χ3n) is 13.2. The molecule has 10 aromatic rings. The molecule has 0 amide bonds. The number of hydrogen-bond donors (Lipinski definition) is 0. The molecule has 370 valence electrons. The molecule has 10 heteroatoms. The largest absolute Gasteiger partial charge is 0.267 e. The lowest BCUT2D eigenvalue weighted by atomic mass is 9.84. The van der Waals surface area contributed by atoms with Crippen molar-refractivity contribution in [3.05, 3.63) is 263 Å². The van der Waals surface area contributed by atoms with Crippen molar-refractivity contribution in [3.8, 4) is 78.3 Å². The monoisotopic (exact) mass is 1020 g/mol. The maximum absolute atomic E-state index is 16.5. The highest BCUT2D eigenvalue weighted by Crippen LogP contribution is 2.53. The van der Waals surface area contributed by atoms with Gasteiger partial charge in [0.15, 0.2) is 0 Å². The van der Waals surface area contributed by atoms with Crippen molar-refractivity contribution in [1.82, 2.24) is 15.0 Å². The van der Waals surface area contributed by atoms with Gasteiger partial charge in [-0.3, -0.25) is 9.97 Å². The van der Waals surface area contributed by atoms with Crippen LogP contribution in [0.5, 0.6) is 0 Å². The summed E-state index contributed by atoms with van der Waals surface area (Å²) in [4.78, 5) is 13.3. The van der Waals surface area contributed by atoms with E-state index in [4.69, 9.17) is 18.3 Å². The molecule has 5 heterocycles. The van der Waals surface area contributed by atoms with Crippen LogP contribution in [-0.2, 0) is 25.5 Å². The summed E-state index contributed by atoms with van der Waals surface area (Å²) in [5.41, 5.74) is -0.670. The molecule has 0 aliphatic carbocycles. The van der Waals surface area contributed by atoms with Gasteiger partial charge in [-0.05, 0) is 160 Å². The van der Waals surface area contributed by atoms with Crippen LogP contribution in [-0.4, -0.2) is 19.6 Å². The number of aryl methyl sites for hydroxylation is 6. The summed E-state index contributed by atoms with van der Waals surface area (Å²) in [6.45, 7) is -6.53. The summed E-state index contributed by atoms with van der Waals surface area (Å²) < 4.78 is 206. The Balaban J connectivity index is 1.10. The lowest BCUT2D eigenvalue weighted by Gasteiger charge is -2.23. The molecular formula is C66H47F5N5+. The smallest absolute Gasteiger partial charge is 0.256 e. The van der Waals surface area contributed by atoms with Crippen molar-refractivity contribution in [1.29, 1.82) is 0 Å². The highest BCUT2D eigenvalue weighted by molar-refractivity contribution is 5.99. The minimum Gasteiger partial charge on any atom is -0.256 e. The number of benzene rings is 7. The van der Waals surface area contributed by atoms with Crippen LogP contribution in [0.25, 0.3) is 78.3 Å². The van der Waals surface area contributed by atoms with E-state index in [0.29, 0.717) is 52.6 Å². The molecule has 2 aliphatic heterocycles. The summed E-state index contributed by atoms with van der Waals surface area (Å²) in [6.07, 6.45) is -7.59. The molecule has 0 radical (unpaired) electrons. The van der Waals surface area contributed by atoms with Crippen LogP contribution >= 0.6 is 0 Å². The van der Waals surface area contributed by atoms with Gasteiger partial charge in [0.25, 0.3) is 5.69 Å². The van der Waals surface area contributed by atoms with Gasteiger partial charge >= 0.3 is 0 Å². The topological polar surface area (TPSA) is 54.0 Å². The van der Waals surface area contributed by atoms with Crippen LogP contribution in [0.3, 0.4) is 0 Å². The van der Waals surface area contributed by atoms with Gasteiger partial charge in [-0.15, -0.1) is 0 Å². The zero-order chi connectivity index (χ0) is 64.2. The van der Waals surface area contributed by atoms with Crippen LogP contribution in [0, 0.1) is 42.8 Å². The highest BCUT2D eigenvalue weighted by atomic mass is 19.1. The Morgan fingerprint density at radius 2 is 1.04 bits per heavy atom. The molecule has 76 heavy (non-hydrogen) atoms. The van der Waals surface area contributed by atoms with E-state index in [1.807, 2.05) is 84.9 Å². The molecule has 5 nitrogen and oxygen atoms in total. The number of hydrogen-bond acceptors (Lipinski definition) is 4. The second-order valence-electron chi connectivity index (χ2n) is 18.0. The second kappa shape index (κ2) is 20.0. The summed E-state index contributed by atoms with van der Waals surface area (Å²) in [5.74, 6) is -5.08. The van der Waals surface area contributed by atoms with Gasteiger partial charge in [-0.2, -0.15) is 0 Å². The van der Waals surface area contributed by atoms with Gasteiger partial charge in [-0.25, -0.2) is 26.9 Å². The molecule has 0 fully saturated rings. The lowest BCUT2D eigenvalue weighted by molar-refractivity contribution is -0.536. The average Bonchev–Trinajstić information content (AvgIpc) is 1.07. The maximum Gasteiger partial charge on any atom is 0.267 e. The molecule has 3 aromatic heterocycles. The van der Waals surface area contributed by atoms with E-state index in [0.717, 1.165) is 89.0 Å². The van der Waals surface area contributed by atoms with Crippen LogP contribution in [0.4, 0.5) is 27.6 Å². The first-order chi connectivity index (χ1) is 42.5. The standard InChI is InChI=1S/C66H47F5N5/c1-39-28-61(55-24-21-50(68)34-59(55)70)72-36-46(39)14-12-41-30-42(13-15-47-37-73-62(29-40(47)2)56-25-22-51(69)35-60(56)71)32-48(31-41)57-33-49(67)20-23-52(57)58-38-74-65-54-11-7-6-10-53(54)63-26-27-75-76(63)66(65)64(58)45-18-16-44(17-19-45)43-8-4-3-5-9-43/h3-11,16-38,63H,12-15H2,1-2H3/q+1/i1D3,2D3,12D2,13D2,14D2,15D2. The number of aromatic nitrogens is 3. The highest BCUT2D eigenvalue weighted by Gasteiger charge is 2.42. The van der Waals surface area contributed by atoms with Gasteiger partial charge in [0.1, 0.15) is 34.8 Å². The molecule has 7 aromatic carbocycles. The predicted molar refractivity (Wildman–Crippen MR) is 289 cm³/mol. The number of azo groups is 2. The second-order valence-corrected chi connectivity index (χ2v) is 18.0. The van der Waals surface area contributed by atoms with Crippen LogP contribution in [0.15, 0.2) is 200 Å². The molecule has 0 spiro atoms. The Morgan fingerprint density at radius 1 is 0.474 bits per heavy atom. The van der Waals surface area contributed by atoms with Crippen molar-refractivity contribution < 1.29 is 45.8 Å². The van der Waals surface area contributed by atoms with E-state index in [2.05, 4.69) is 9.97 Å². The molecule has 0 saturated carbocycles. The average molecular weight is 1020 g/mol. The molecule has 12 rings (SSSR count). The van der Waals surface area contributed by atoms with Gasteiger partial charge < -0.3 is 0 Å². The van der Waals surface area contributed by atoms with Crippen molar-refractivity contribution >= 4 is 5.69 Å². The SMILES string of the molecule is [2H]C([2H])([2H])c1cc(-c2ccc(F)cc2F)ncc1C([2H])([2H])C([2H])([2H])c1cc(-c2cc(F)ccc2-c2cnc3c(c2-c2ccc(-c4ccccc4)cc2)[N+]2=NC=CC2c2ccccc2-3)cc(C([2H])([2H])C([2H])([2H])c2cnc(-c3ccc(F)cc3F)cc2C([2H])([2H])[2H])c1. The van der Waals surface area contributed by atoms with Crippen molar-refractivity contribution in [3.63, 3.8) is 0 Å². The maximum atomic E-state index is 16.5. The van der Waals surface area contributed by atoms with E-state index in [-0.39, 0.29) is 39.2 Å². The molecule has 2 aliphatic rings. The summed E-state index contributed by atoms with van der Waals surface area (Å²) >= 11 is 0. The van der Waals surface area contributed by atoms with Crippen molar-refractivity contribution in [2.75, 3.05) is 0 Å². The first kappa shape index (κ1) is 34.5.